The van der Waals surface area contributed by atoms with Crippen LogP contribution in [0.3, 0.4) is 0 Å². The molecule has 1 saturated carbocycles. The number of aliphatic hydroxyl groups excluding tert-OH is 1. The van der Waals surface area contributed by atoms with Crippen molar-refractivity contribution in [3.8, 4) is 0 Å². The Morgan fingerprint density at radius 3 is 2.25 bits per heavy atom. The van der Waals surface area contributed by atoms with Crippen LogP contribution in [0.25, 0.3) is 0 Å². The minimum atomic E-state index is -0.291. The van der Waals surface area contributed by atoms with Crippen molar-refractivity contribution in [2.45, 2.75) is 52.1 Å². The molecule has 0 radical (unpaired) electrons. The van der Waals surface area contributed by atoms with Gasteiger partial charge in [0.05, 0.1) is 6.10 Å². The summed E-state index contributed by atoms with van der Waals surface area (Å²) in [7, 11) is 0. The molecule has 1 fully saturated rings. The Morgan fingerprint density at radius 1 is 1.19 bits per heavy atom. The second-order valence-corrected chi connectivity index (χ2v) is 5.36. The quantitative estimate of drug-likeness (QED) is 0.816. The van der Waals surface area contributed by atoms with Crippen LogP contribution in [0.2, 0.25) is 0 Å². The number of hydrogen-bond donors (Lipinski definition) is 1. The van der Waals surface area contributed by atoms with E-state index in [0.29, 0.717) is 0 Å². The zero-order valence-corrected chi connectivity index (χ0v) is 10.4. The van der Waals surface area contributed by atoms with Gasteiger partial charge in [0.25, 0.3) is 0 Å². The molecule has 1 aliphatic rings. The molecule has 1 aromatic carbocycles. The van der Waals surface area contributed by atoms with Crippen LogP contribution in [-0.4, -0.2) is 5.11 Å². The van der Waals surface area contributed by atoms with Gasteiger partial charge in [0.1, 0.15) is 0 Å². The maximum absolute atomic E-state index is 10.4. The summed E-state index contributed by atoms with van der Waals surface area (Å²) in [5.41, 5.74) is 2.53. The van der Waals surface area contributed by atoms with E-state index in [0.717, 1.165) is 24.8 Å². The molecule has 0 spiro atoms. The standard InChI is InChI=1S/C15H22O/c1-3-12-6-8-13(9-7-12)14(16)15(2)10-4-5-11-15/h6-9,14,16H,3-5,10-11H2,1-2H3. The summed E-state index contributed by atoms with van der Waals surface area (Å²) >= 11 is 0. The highest BCUT2D eigenvalue weighted by Crippen LogP contribution is 2.47. The van der Waals surface area contributed by atoms with Crippen LogP contribution in [-0.2, 0) is 6.42 Å². The maximum Gasteiger partial charge on any atom is 0.0843 e. The Hall–Kier alpha value is -0.820. The average Bonchev–Trinajstić information content (AvgIpc) is 2.77. The molecule has 1 aliphatic carbocycles. The van der Waals surface area contributed by atoms with Crippen LogP contribution in [0.5, 0.6) is 0 Å². The average molecular weight is 218 g/mol. The molecule has 1 atom stereocenters. The fraction of sp³-hybridized carbons (Fsp3) is 0.600. The summed E-state index contributed by atoms with van der Waals surface area (Å²) in [5.74, 6) is 0. The molecule has 1 unspecified atom stereocenters. The van der Waals surface area contributed by atoms with E-state index >= 15 is 0 Å². The summed E-state index contributed by atoms with van der Waals surface area (Å²) in [4.78, 5) is 0. The van der Waals surface area contributed by atoms with E-state index in [1.54, 1.807) is 0 Å². The summed E-state index contributed by atoms with van der Waals surface area (Å²) in [6, 6.07) is 8.45. The highest BCUT2D eigenvalue weighted by atomic mass is 16.3. The lowest BCUT2D eigenvalue weighted by Crippen LogP contribution is -2.21. The van der Waals surface area contributed by atoms with Crippen molar-refractivity contribution in [3.05, 3.63) is 35.4 Å². The molecule has 88 valence electrons. The number of rotatable bonds is 3. The van der Waals surface area contributed by atoms with Gasteiger partial charge in [-0.2, -0.15) is 0 Å². The van der Waals surface area contributed by atoms with Crippen molar-refractivity contribution < 1.29 is 5.11 Å². The van der Waals surface area contributed by atoms with E-state index < -0.39 is 0 Å². The van der Waals surface area contributed by atoms with Gasteiger partial charge < -0.3 is 5.11 Å². The Balaban J connectivity index is 2.16. The minimum Gasteiger partial charge on any atom is -0.388 e. The van der Waals surface area contributed by atoms with Crippen LogP contribution in [0.1, 0.15) is 56.8 Å². The van der Waals surface area contributed by atoms with Gasteiger partial charge in [-0.25, -0.2) is 0 Å². The molecule has 0 saturated heterocycles. The Bertz CT molecular complexity index is 333. The lowest BCUT2D eigenvalue weighted by Gasteiger charge is -2.30. The molecule has 0 heterocycles. The third-order valence-corrected chi connectivity index (χ3v) is 4.11. The van der Waals surface area contributed by atoms with Gasteiger partial charge in [-0.3, -0.25) is 0 Å². The molecule has 1 nitrogen and oxygen atoms in total. The van der Waals surface area contributed by atoms with Gasteiger partial charge in [-0.15, -0.1) is 0 Å². The van der Waals surface area contributed by atoms with Crippen LogP contribution in [0.15, 0.2) is 24.3 Å². The molecule has 16 heavy (non-hydrogen) atoms. The zero-order chi connectivity index (χ0) is 11.6. The molecular weight excluding hydrogens is 196 g/mol. The molecule has 1 N–H and O–H groups in total. The van der Waals surface area contributed by atoms with Crippen molar-refractivity contribution in [1.82, 2.24) is 0 Å². The first kappa shape index (κ1) is 11.7. The highest BCUT2D eigenvalue weighted by molar-refractivity contribution is 5.25. The van der Waals surface area contributed by atoms with Crippen molar-refractivity contribution >= 4 is 0 Å². The number of benzene rings is 1. The zero-order valence-electron chi connectivity index (χ0n) is 10.4. The first-order valence-corrected chi connectivity index (χ1v) is 6.42. The predicted octanol–water partition coefficient (Wildman–Crippen LogP) is 3.86. The molecular formula is C15H22O. The summed E-state index contributed by atoms with van der Waals surface area (Å²) in [6.45, 7) is 4.38. The van der Waals surface area contributed by atoms with E-state index in [-0.39, 0.29) is 11.5 Å². The fourth-order valence-electron chi connectivity index (χ4n) is 2.79. The maximum atomic E-state index is 10.4. The van der Waals surface area contributed by atoms with Crippen molar-refractivity contribution in [3.63, 3.8) is 0 Å². The van der Waals surface area contributed by atoms with Gasteiger partial charge in [0, 0.05) is 0 Å². The van der Waals surface area contributed by atoms with E-state index in [2.05, 4.69) is 38.1 Å². The van der Waals surface area contributed by atoms with Gasteiger partial charge in [-0.05, 0) is 35.8 Å². The van der Waals surface area contributed by atoms with E-state index in [1.807, 2.05) is 0 Å². The molecule has 0 aromatic heterocycles. The summed E-state index contributed by atoms with van der Waals surface area (Å²) in [5, 5.41) is 10.4. The van der Waals surface area contributed by atoms with Crippen LogP contribution < -0.4 is 0 Å². The van der Waals surface area contributed by atoms with Gasteiger partial charge in [0.2, 0.25) is 0 Å². The molecule has 1 heteroatoms. The number of aliphatic hydroxyl groups is 1. The minimum absolute atomic E-state index is 0.105. The topological polar surface area (TPSA) is 20.2 Å². The Labute approximate surface area is 98.5 Å². The Morgan fingerprint density at radius 2 is 1.75 bits per heavy atom. The van der Waals surface area contributed by atoms with Crippen molar-refractivity contribution in [2.75, 3.05) is 0 Å². The SMILES string of the molecule is CCc1ccc(C(O)C2(C)CCCC2)cc1. The van der Waals surface area contributed by atoms with Crippen LogP contribution >= 0.6 is 0 Å². The molecule has 0 bridgehead atoms. The van der Waals surface area contributed by atoms with E-state index in [4.69, 9.17) is 0 Å². The fourth-order valence-corrected chi connectivity index (χ4v) is 2.79. The van der Waals surface area contributed by atoms with E-state index in [9.17, 15) is 5.11 Å². The highest BCUT2D eigenvalue weighted by Gasteiger charge is 2.36. The molecule has 0 amide bonds. The third-order valence-electron chi connectivity index (χ3n) is 4.11. The summed E-state index contributed by atoms with van der Waals surface area (Å²) in [6.07, 6.45) is 5.61. The van der Waals surface area contributed by atoms with E-state index in [1.165, 1.54) is 18.4 Å². The largest absolute Gasteiger partial charge is 0.388 e. The van der Waals surface area contributed by atoms with Gasteiger partial charge in [0.15, 0.2) is 0 Å². The van der Waals surface area contributed by atoms with Crippen LogP contribution in [0, 0.1) is 5.41 Å². The molecule has 0 aliphatic heterocycles. The van der Waals surface area contributed by atoms with Crippen LogP contribution in [0.4, 0.5) is 0 Å². The normalized spacial score (nSPS) is 20.9. The second kappa shape index (κ2) is 4.58. The third kappa shape index (κ3) is 2.15. The van der Waals surface area contributed by atoms with Gasteiger partial charge in [-0.1, -0.05) is 51.0 Å². The first-order valence-electron chi connectivity index (χ1n) is 6.42. The predicted molar refractivity (Wildman–Crippen MR) is 67.4 cm³/mol. The van der Waals surface area contributed by atoms with Crippen molar-refractivity contribution in [1.29, 1.82) is 0 Å². The van der Waals surface area contributed by atoms with Gasteiger partial charge >= 0.3 is 0 Å². The molecule has 1 aromatic rings. The number of hydrogen-bond acceptors (Lipinski definition) is 1. The van der Waals surface area contributed by atoms with Crippen molar-refractivity contribution in [2.24, 2.45) is 5.41 Å². The second-order valence-electron chi connectivity index (χ2n) is 5.36. The smallest absolute Gasteiger partial charge is 0.0843 e. The first-order chi connectivity index (χ1) is 7.65. The molecule has 2 rings (SSSR count). The lowest BCUT2D eigenvalue weighted by molar-refractivity contribution is 0.0408. The lowest BCUT2D eigenvalue weighted by atomic mass is 9.79. The summed E-state index contributed by atoms with van der Waals surface area (Å²) < 4.78 is 0. The number of aryl methyl sites for hydroxylation is 1. The Kier molecular flexibility index (Phi) is 3.34. The monoisotopic (exact) mass is 218 g/mol.